The lowest BCUT2D eigenvalue weighted by molar-refractivity contribution is -0.103. The Labute approximate surface area is 178 Å². The van der Waals surface area contributed by atoms with Crippen molar-refractivity contribution in [3.8, 4) is 0 Å². The Hall–Kier alpha value is -1.53. The van der Waals surface area contributed by atoms with Crippen LogP contribution in [0.2, 0.25) is 13.1 Å². The third-order valence-corrected chi connectivity index (χ3v) is 6.30. The molecule has 1 aromatic rings. The van der Waals surface area contributed by atoms with Crippen LogP contribution < -0.4 is 0 Å². The number of aliphatic hydroxyl groups excluding tert-OH is 1. The molecule has 1 aliphatic heterocycles. The van der Waals surface area contributed by atoms with Crippen molar-refractivity contribution in [2.75, 3.05) is 13.2 Å². The molecule has 158 valence electrons. The highest BCUT2D eigenvalue weighted by molar-refractivity contribution is 6.26. The molecule has 4 radical (unpaired) electrons. The highest BCUT2D eigenvalue weighted by Gasteiger charge is 2.49. The quantitative estimate of drug-likeness (QED) is 0.346. The van der Waals surface area contributed by atoms with Gasteiger partial charge in [0.25, 0.3) is 0 Å². The molecule has 1 N–H and O–H groups in total. The van der Waals surface area contributed by atoms with Crippen LogP contribution in [0.3, 0.4) is 0 Å². The number of aromatic nitrogens is 1. The predicted molar refractivity (Wildman–Crippen MR) is 112 cm³/mol. The van der Waals surface area contributed by atoms with Gasteiger partial charge in [0.2, 0.25) is 19.5 Å². The second-order valence-corrected chi connectivity index (χ2v) is 8.83. The van der Waals surface area contributed by atoms with Gasteiger partial charge in [-0.1, -0.05) is 32.6 Å². The molecular weight excluding hydrogens is 404 g/mol. The van der Waals surface area contributed by atoms with E-state index in [1.165, 1.54) is 6.08 Å². The van der Waals surface area contributed by atoms with Crippen LogP contribution in [0.5, 0.6) is 0 Å². The van der Waals surface area contributed by atoms with E-state index in [9.17, 15) is 9.90 Å². The highest BCUT2D eigenvalue weighted by Crippen LogP contribution is 2.44. The molecule has 1 unspecified atom stereocenters. The van der Waals surface area contributed by atoms with Crippen LogP contribution in [0.4, 0.5) is 4.79 Å². The Morgan fingerprint density at radius 3 is 2.69 bits per heavy atom. The maximum atomic E-state index is 12.7. The molecule has 2 heterocycles. The third-order valence-electron chi connectivity index (χ3n) is 5.40. The zero-order chi connectivity index (χ0) is 21.4. The molecule has 0 spiro atoms. The molecule has 0 aromatic carbocycles. The Bertz CT molecular complexity index is 656. The standard InChI is InChI=1S/C20H30N2O5Si2/c1-6-10-25-19(24)22-13-15(20(2,3)18(26-28-4)27-29-5)11-16(22)17(23)14-8-7-9-21-12-14/h6-9,12,15-18,23H,1,10-11,13H2,2-5H3/t15-,16-,17?/m0/s1. The monoisotopic (exact) mass is 434 g/mol. The van der Waals surface area contributed by atoms with Crippen LogP contribution in [0.25, 0.3) is 0 Å². The molecule has 1 aromatic heterocycles. The summed E-state index contributed by atoms with van der Waals surface area (Å²) >= 11 is 0. The average Bonchev–Trinajstić information content (AvgIpc) is 3.18. The van der Waals surface area contributed by atoms with Gasteiger partial charge in [0.1, 0.15) is 19.0 Å². The molecule has 3 atom stereocenters. The van der Waals surface area contributed by atoms with Gasteiger partial charge in [0.05, 0.1) is 6.04 Å². The molecule has 0 bridgehead atoms. The minimum atomic E-state index is -0.859. The van der Waals surface area contributed by atoms with Crippen LogP contribution in [0, 0.1) is 11.3 Å². The number of amides is 1. The summed E-state index contributed by atoms with van der Waals surface area (Å²) in [6.45, 7) is 12.3. The summed E-state index contributed by atoms with van der Waals surface area (Å²) in [5, 5.41) is 11.0. The normalized spacial score (nSPS) is 20.7. The Kier molecular flexibility index (Phi) is 9.03. The van der Waals surface area contributed by atoms with Crippen molar-refractivity contribution >= 4 is 25.6 Å². The first kappa shape index (κ1) is 23.7. The summed E-state index contributed by atoms with van der Waals surface area (Å²) in [6, 6.07) is 3.17. The van der Waals surface area contributed by atoms with Gasteiger partial charge in [-0.15, -0.1) is 0 Å². The largest absolute Gasteiger partial charge is 0.445 e. The van der Waals surface area contributed by atoms with Crippen molar-refractivity contribution in [1.82, 2.24) is 9.88 Å². The fourth-order valence-electron chi connectivity index (χ4n) is 3.63. The summed E-state index contributed by atoms with van der Waals surface area (Å²) in [5.41, 5.74) is 0.318. The maximum Gasteiger partial charge on any atom is 0.410 e. The number of carbonyl (C=O) groups is 1. The number of carbonyl (C=O) groups excluding carboxylic acids is 1. The van der Waals surface area contributed by atoms with E-state index in [0.717, 1.165) is 0 Å². The first-order valence-corrected chi connectivity index (χ1v) is 12.5. The lowest BCUT2D eigenvalue weighted by Gasteiger charge is -2.38. The molecular formula is C20H30N2O5Si2. The Balaban J connectivity index is 2.28. The van der Waals surface area contributed by atoms with E-state index in [4.69, 9.17) is 13.6 Å². The maximum absolute atomic E-state index is 12.7. The van der Waals surface area contributed by atoms with Crippen LogP contribution in [-0.4, -0.2) is 66.1 Å². The third kappa shape index (κ3) is 5.76. The predicted octanol–water partition coefficient (Wildman–Crippen LogP) is 2.85. The van der Waals surface area contributed by atoms with Crippen LogP contribution in [-0.2, 0) is 13.6 Å². The highest BCUT2D eigenvalue weighted by atomic mass is 28.2. The lowest BCUT2D eigenvalue weighted by atomic mass is 9.76. The fraction of sp³-hybridized carbons (Fsp3) is 0.600. The van der Waals surface area contributed by atoms with Crippen molar-refractivity contribution in [3.63, 3.8) is 0 Å². The van der Waals surface area contributed by atoms with Crippen LogP contribution in [0.1, 0.15) is 31.9 Å². The van der Waals surface area contributed by atoms with Crippen LogP contribution in [0.15, 0.2) is 37.2 Å². The van der Waals surface area contributed by atoms with E-state index in [0.29, 0.717) is 38.1 Å². The minimum Gasteiger partial charge on any atom is -0.445 e. The molecule has 1 saturated heterocycles. The summed E-state index contributed by atoms with van der Waals surface area (Å²) < 4.78 is 17.1. The number of pyridine rings is 1. The van der Waals surface area contributed by atoms with E-state index >= 15 is 0 Å². The van der Waals surface area contributed by atoms with Crippen LogP contribution >= 0.6 is 0 Å². The summed E-state index contributed by atoms with van der Waals surface area (Å²) in [7, 11) is 0.597. The first-order valence-electron chi connectivity index (χ1n) is 9.63. The fourth-order valence-corrected chi connectivity index (χ4v) is 4.86. The number of rotatable bonds is 10. The second kappa shape index (κ2) is 11.0. The van der Waals surface area contributed by atoms with E-state index in [2.05, 4.69) is 25.4 Å². The molecule has 0 aliphatic carbocycles. The number of ether oxygens (including phenoxy) is 1. The summed E-state index contributed by atoms with van der Waals surface area (Å²) in [4.78, 5) is 18.4. The topological polar surface area (TPSA) is 81.1 Å². The van der Waals surface area contributed by atoms with E-state index in [1.807, 2.05) is 19.2 Å². The Morgan fingerprint density at radius 1 is 1.45 bits per heavy atom. The van der Waals surface area contributed by atoms with Gasteiger partial charge < -0.3 is 23.6 Å². The number of aliphatic hydroxyl groups is 1. The minimum absolute atomic E-state index is 0.0628. The first-order chi connectivity index (χ1) is 13.9. The Morgan fingerprint density at radius 2 is 2.14 bits per heavy atom. The van der Waals surface area contributed by atoms with E-state index in [1.54, 1.807) is 23.4 Å². The molecule has 1 fully saturated rings. The molecule has 29 heavy (non-hydrogen) atoms. The molecule has 2 rings (SSSR count). The molecule has 9 heteroatoms. The summed E-state index contributed by atoms with van der Waals surface area (Å²) in [5.74, 6) is 0.0628. The van der Waals surface area contributed by atoms with Gasteiger partial charge >= 0.3 is 6.09 Å². The molecule has 1 aliphatic rings. The van der Waals surface area contributed by atoms with Gasteiger partial charge in [-0.05, 0) is 31.5 Å². The van der Waals surface area contributed by atoms with E-state index in [-0.39, 0.29) is 24.2 Å². The van der Waals surface area contributed by atoms with Gasteiger partial charge in [-0.2, -0.15) is 0 Å². The molecule has 1 amide bonds. The van der Waals surface area contributed by atoms with Crippen molar-refractivity contribution in [2.24, 2.45) is 11.3 Å². The van der Waals surface area contributed by atoms with Gasteiger partial charge in [-0.25, -0.2) is 4.79 Å². The van der Waals surface area contributed by atoms with Gasteiger partial charge in [0.15, 0.2) is 0 Å². The zero-order valence-electron chi connectivity index (χ0n) is 17.5. The SMILES string of the molecule is C=CCOC(=O)N1C[C@@H](C(C)(C)C(O[Si]C)O[Si]C)C[C@H]1C(O)c1cccnc1. The van der Waals surface area contributed by atoms with Gasteiger partial charge in [0, 0.05) is 29.9 Å². The number of hydrogen-bond donors (Lipinski definition) is 1. The number of hydrogen-bond acceptors (Lipinski definition) is 6. The number of likely N-dealkylation sites (tertiary alicyclic amines) is 1. The molecule has 0 saturated carbocycles. The average molecular weight is 435 g/mol. The molecule has 7 nitrogen and oxygen atoms in total. The smallest absolute Gasteiger partial charge is 0.410 e. The van der Waals surface area contributed by atoms with Crippen molar-refractivity contribution in [2.45, 2.75) is 51.8 Å². The lowest BCUT2D eigenvalue weighted by Crippen LogP contribution is -2.43. The second-order valence-electron chi connectivity index (χ2n) is 7.55. The van der Waals surface area contributed by atoms with Gasteiger partial charge in [-0.3, -0.25) is 4.98 Å². The van der Waals surface area contributed by atoms with Crippen molar-refractivity contribution in [3.05, 3.63) is 42.7 Å². The number of nitrogens with zero attached hydrogens (tertiary/aromatic N) is 2. The zero-order valence-corrected chi connectivity index (χ0v) is 19.5. The summed E-state index contributed by atoms with van der Waals surface area (Å²) in [6.07, 6.45) is 3.73. The van der Waals surface area contributed by atoms with Crippen molar-refractivity contribution in [1.29, 1.82) is 0 Å². The van der Waals surface area contributed by atoms with E-state index < -0.39 is 18.2 Å². The van der Waals surface area contributed by atoms with Crippen molar-refractivity contribution < 1.29 is 23.5 Å².